The Morgan fingerprint density at radius 2 is 1.83 bits per heavy atom. The zero-order valence-corrected chi connectivity index (χ0v) is 17.3. The first-order chi connectivity index (χ1) is 14.7. The first-order valence-electron chi connectivity index (χ1n) is 10.7. The number of rotatable bonds is 7. The van der Waals surface area contributed by atoms with Crippen LogP contribution in [0.2, 0.25) is 0 Å². The Balaban J connectivity index is 1.58. The van der Waals surface area contributed by atoms with E-state index >= 15 is 0 Å². The van der Waals surface area contributed by atoms with E-state index < -0.39 is 5.97 Å². The molecule has 6 heteroatoms. The third-order valence-corrected chi connectivity index (χ3v) is 5.66. The third kappa shape index (κ3) is 4.37. The average molecular weight is 405 g/mol. The first-order valence-corrected chi connectivity index (χ1v) is 10.7. The molecule has 0 amide bonds. The fourth-order valence-electron chi connectivity index (χ4n) is 4.17. The van der Waals surface area contributed by atoms with Crippen LogP contribution in [0.25, 0.3) is 11.1 Å². The van der Waals surface area contributed by atoms with Crippen molar-refractivity contribution in [1.82, 2.24) is 14.8 Å². The molecule has 1 saturated carbocycles. The lowest BCUT2D eigenvalue weighted by Crippen LogP contribution is -2.17. The summed E-state index contributed by atoms with van der Waals surface area (Å²) >= 11 is 0. The van der Waals surface area contributed by atoms with Gasteiger partial charge in [0.1, 0.15) is 5.82 Å². The van der Waals surface area contributed by atoms with Crippen molar-refractivity contribution in [2.45, 2.75) is 51.5 Å². The summed E-state index contributed by atoms with van der Waals surface area (Å²) in [5.41, 5.74) is 3.03. The van der Waals surface area contributed by atoms with Crippen LogP contribution in [0.4, 0.5) is 0 Å². The molecule has 0 bridgehead atoms. The summed E-state index contributed by atoms with van der Waals surface area (Å²) in [5, 5.41) is 14.1. The zero-order valence-electron chi connectivity index (χ0n) is 17.3. The predicted molar refractivity (Wildman–Crippen MR) is 115 cm³/mol. The summed E-state index contributed by atoms with van der Waals surface area (Å²) in [7, 11) is 0. The number of ether oxygens (including phenoxy) is 1. The van der Waals surface area contributed by atoms with E-state index in [1.165, 1.54) is 19.3 Å². The molecule has 0 aliphatic heterocycles. The van der Waals surface area contributed by atoms with Crippen LogP contribution >= 0.6 is 0 Å². The number of carbonyl (C=O) groups is 1. The van der Waals surface area contributed by atoms with E-state index in [0.717, 1.165) is 35.4 Å². The van der Waals surface area contributed by atoms with E-state index in [1.54, 1.807) is 12.1 Å². The largest absolute Gasteiger partial charge is 0.478 e. The number of aromatic carboxylic acids is 1. The topological polar surface area (TPSA) is 77.2 Å². The molecule has 1 fully saturated rings. The van der Waals surface area contributed by atoms with E-state index in [9.17, 15) is 9.90 Å². The Morgan fingerprint density at radius 1 is 1.10 bits per heavy atom. The molecule has 0 unspecified atom stereocenters. The zero-order chi connectivity index (χ0) is 20.9. The second kappa shape index (κ2) is 9.11. The van der Waals surface area contributed by atoms with Crippen LogP contribution < -0.4 is 4.74 Å². The van der Waals surface area contributed by atoms with Crippen LogP contribution in [0.3, 0.4) is 0 Å². The van der Waals surface area contributed by atoms with Crippen molar-refractivity contribution in [3.63, 3.8) is 0 Å². The molecule has 0 radical (unpaired) electrons. The van der Waals surface area contributed by atoms with E-state index in [4.69, 9.17) is 4.74 Å². The Hall–Kier alpha value is -3.15. The van der Waals surface area contributed by atoms with Gasteiger partial charge in [-0.15, -0.1) is 5.10 Å². The van der Waals surface area contributed by atoms with Gasteiger partial charge >= 0.3 is 12.0 Å². The summed E-state index contributed by atoms with van der Waals surface area (Å²) in [6.45, 7) is 2.49. The quantitative estimate of drug-likeness (QED) is 0.589. The maximum Gasteiger partial charge on any atom is 0.336 e. The molecule has 6 nitrogen and oxygen atoms in total. The lowest BCUT2D eigenvalue weighted by Gasteiger charge is -2.23. The molecule has 1 heterocycles. The van der Waals surface area contributed by atoms with Crippen molar-refractivity contribution >= 4 is 5.97 Å². The molecule has 1 aliphatic carbocycles. The van der Waals surface area contributed by atoms with E-state index in [0.29, 0.717) is 30.6 Å². The Labute approximate surface area is 176 Å². The molecule has 3 aromatic rings. The van der Waals surface area contributed by atoms with Crippen molar-refractivity contribution < 1.29 is 14.6 Å². The third-order valence-electron chi connectivity index (χ3n) is 5.66. The maximum atomic E-state index is 11.5. The Kier molecular flexibility index (Phi) is 6.12. The highest BCUT2D eigenvalue weighted by Crippen LogP contribution is 2.30. The van der Waals surface area contributed by atoms with Gasteiger partial charge in [0.25, 0.3) is 0 Å². The highest BCUT2D eigenvalue weighted by molar-refractivity contribution is 5.95. The maximum absolute atomic E-state index is 11.5. The van der Waals surface area contributed by atoms with Crippen LogP contribution in [-0.2, 0) is 6.42 Å². The minimum atomic E-state index is -0.918. The predicted octanol–water partition coefficient (Wildman–Crippen LogP) is 5.14. The minimum absolute atomic E-state index is 0.309. The second-order valence-electron chi connectivity index (χ2n) is 7.70. The van der Waals surface area contributed by atoms with E-state index in [-0.39, 0.29) is 0 Å². The van der Waals surface area contributed by atoms with Gasteiger partial charge in [-0.05, 0) is 42.5 Å². The van der Waals surface area contributed by atoms with Gasteiger partial charge in [0.05, 0.1) is 18.2 Å². The first kappa shape index (κ1) is 20.1. The molecule has 1 aromatic heterocycles. The highest BCUT2D eigenvalue weighted by atomic mass is 16.5. The molecule has 2 aromatic carbocycles. The molecule has 0 spiro atoms. The van der Waals surface area contributed by atoms with Crippen LogP contribution in [0.5, 0.6) is 6.01 Å². The fraction of sp³-hybridized carbons (Fsp3) is 0.375. The van der Waals surface area contributed by atoms with Crippen LogP contribution in [0.1, 0.15) is 66.8 Å². The van der Waals surface area contributed by atoms with Gasteiger partial charge in [0.2, 0.25) is 0 Å². The lowest BCUT2D eigenvalue weighted by molar-refractivity contribution is 0.0697. The van der Waals surface area contributed by atoms with Crippen LogP contribution in [0, 0.1) is 0 Å². The minimum Gasteiger partial charge on any atom is -0.478 e. The Morgan fingerprint density at radius 3 is 2.53 bits per heavy atom. The normalized spacial score (nSPS) is 14.6. The summed E-state index contributed by atoms with van der Waals surface area (Å²) in [6.07, 6.45) is 6.67. The van der Waals surface area contributed by atoms with Gasteiger partial charge in [0, 0.05) is 6.42 Å². The number of nitrogens with zero attached hydrogens (tertiary/aromatic N) is 3. The summed E-state index contributed by atoms with van der Waals surface area (Å²) in [4.78, 5) is 16.2. The van der Waals surface area contributed by atoms with E-state index in [1.807, 2.05) is 43.3 Å². The molecular formula is C24H27N3O3. The van der Waals surface area contributed by atoms with Crippen molar-refractivity contribution in [3.05, 3.63) is 65.5 Å². The smallest absolute Gasteiger partial charge is 0.336 e. The standard InChI is InChI=1S/C24H27N3O3/c1-2-30-24-25-22(27(26-24)19-8-4-3-5-9-19)16-17-12-14-18(15-13-17)20-10-6-7-11-21(20)23(28)29/h6-7,10-15,19H,2-5,8-9,16H2,1H3,(H,28,29). The molecular weight excluding hydrogens is 378 g/mol. The molecule has 30 heavy (non-hydrogen) atoms. The molecule has 1 aliphatic rings. The van der Waals surface area contributed by atoms with E-state index in [2.05, 4.69) is 14.8 Å². The summed E-state index contributed by atoms with van der Waals surface area (Å²) in [6, 6.07) is 15.9. The average Bonchev–Trinajstić information content (AvgIpc) is 3.17. The monoisotopic (exact) mass is 405 g/mol. The van der Waals surface area contributed by atoms with Gasteiger partial charge in [-0.25, -0.2) is 9.48 Å². The SMILES string of the molecule is CCOc1nc(Cc2ccc(-c3ccccc3C(=O)O)cc2)n(C2CCCCC2)n1. The number of hydrogen-bond donors (Lipinski definition) is 1. The Bertz CT molecular complexity index is 1000. The number of hydrogen-bond acceptors (Lipinski definition) is 4. The van der Waals surface area contributed by atoms with Gasteiger partial charge < -0.3 is 9.84 Å². The molecule has 156 valence electrons. The van der Waals surface area contributed by atoms with Gasteiger partial charge in [-0.1, -0.05) is 61.7 Å². The summed E-state index contributed by atoms with van der Waals surface area (Å²) in [5.74, 6) is 0.00255. The second-order valence-corrected chi connectivity index (χ2v) is 7.70. The molecule has 1 N–H and O–H groups in total. The number of benzene rings is 2. The van der Waals surface area contributed by atoms with Crippen molar-refractivity contribution in [2.24, 2.45) is 0 Å². The van der Waals surface area contributed by atoms with Gasteiger partial charge in [0.15, 0.2) is 0 Å². The highest BCUT2D eigenvalue weighted by Gasteiger charge is 2.22. The molecule has 0 atom stereocenters. The molecule has 0 saturated heterocycles. The van der Waals surface area contributed by atoms with Crippen LogP contribution in [-0.4, -0.2) is 32.4 Å². The van der Waals surface area contributed by atoms with Gasteiger partial charge in [-0.2, -0.15) is 4.98 Å². The summed E-state index contributed by atoms with van der Waals surface area (Å²) < 4.78 is 7.64. The fourth-order valence-corrected chi connectivity index (χ4v) is 4.17. The van der Waals surface area contributed by atoms with Crippen molar-refractivity contribution in [3.8, 4) is 17.1 Å². The number of aromatic nitrogens is 3. The number of carboxylic acid groups (broad SMARTS) is 1. The molecule has 4 rings (SSSR count). The van der Waals surface area contributed by atoms with Gasteiger partial charge in [-0.3, -0.25) is 0 Å². The number of carboxylic acids is 1. The van der Waals surface area contributed by atoms with Crippen molar-refractivity contribution in [1.29, 1.82) is 0 Å². The lowest BCUT2D eigenvalue weighted by atomic mass is 9.95. The van der Waals surface area contributed by atoms with Crippen LogP contribution in [0.15, 0.2) is 48.5 Å². The van der Waals surface area contributed by atoms with Crippen molar-refractivity contribution in [2.75, 3.05) is 6.61 Å².